The van der Waals surface area contributed by atoms with Gasteiger partial charge in [0.05, 0.1) is 4.47 Å². The second-order valence-corrected chi connectivity index (χ2v) is 8.53. The molecular weight excluding hydrogens is 426 g/mol. The normalized spacial score (nSPS) is 21.6. The van der Waals surface area contributed by atoms with Crippen LogP contribution in [0.25, 0.3) is 5.65 Å². The van der Waals surface area contributed by atoms with Crippen LogP contribution in [0, 0.1) is 5.41 Å². The van der Waals surface area contributed by atoms with Crippen LogP contribution in [0.4, 0.5) is 0 Å². The summed E-state index contributed by atoms with van der Waals surface area (Å²) in [4.78, 5) is 19.5. The van der Waals surface area contributed by atoms with Crippen molar-refractivity contribution in [2.75, 3.05) is 26.3 Å². The summed E-state index contributed by atoms with van der Waals surface area (Å²) < 4.78 is 10.0. The molecule has 9 nitrogen and oxygen atoms in total. The van der Waals surface area contributed by atoms with Gasteiger partial charge in [0, 0.05) is 63.1 Å². The molecule has 3 aromatic rings. The predicted molar refractivity (Wildman–Crippen MR) is 103 cm³/mol. The largest absolute Gasteiger partial charge is 0.381 e. The van der Waals surface area contributed by atoms with Gasteiger partial charge in [-0.05, 0) is 28.8 Å². The van der Waals surface area contributed by atoms with Gasteiger partial charge in [0.1, 0.15) is 12.2 Å². The highest BCUT2D eigenvalue weighted by Crippen LogP contribution is 2.49. The van der Waals surface area contributed by atoms with Gasteiger partial charge in [-0.1, -0.05) is 0 Å². The number of ether oxygens (including phenoxy) is 1. The van der Waals surface area contributed by atoms with E-state index in [0.29, 0.717) is 37.6 Å². The summed E-state index contributed by atoms with van der Waals surface area (Å²) in [6.45, 7) is 2.71. The Hall–Kier alpha value is -2.33. The van der Waals surface area contributed by atoms with Gasteiger partial charge >= 0.3 is 0 Å². The molecule has 2 saturated heterocycles. The second kappa shape index (κ2) is 6.63. The minimum absolute atomic E-state index is 0.0326. The SMILES string of the molecule is Cn1cnnc1C1CN(C(=O)c2cc3ncc(Br)cn3n2)CC12CCOCC2. The molecule has 1 unspecified atom stereocenters. The van der Waals surface area contributed by atoms with E-state index in [1.807, 2.05) is 16.5 Å². The van der Waals surface area contributed by atoms with Crippen LogP contribution in [0.15, 0.2) is 29.3 Å². The van der Waals surface area contributed by atoms with Crippen LogP contribution in [0.1, 0.15) is 35.1 Å². The summed E-state index contributed by atoms with van der Waals surface area (Å²) in [5, 5.41) is 12.8. The monoisotopic (exact) mass is 445 g/mol. The maximum Gasteiger partial charge on any atom is 0.274 e. The lowest BCUT2D eigenvalue weighted by Gasteiger charge is -2.37. The highest BCUT2D eigenvalue weighted by atomic mass is 79.9. The lowest BCUT2D eigenvalue weighted by molar-refractivity contribution is 0.0108. The summed E-state index contributed by atoms with van der Waals surface area (Å²) in [5.74, 6) is 0.993. The van der Waals surface area contributed by atoms with Crippen molar-refractivity contribution in [2.45, 2.75) is 18.8 Å². The fourth-order valence-electron chi connectivity index (χ4n) is 4.49. The maximum atomic E-state index is 13.3. The zero-order chi connectivity index (χ0) is 19.3. The number of aryl methyl sites for hydroxylation is 1. The number of nitrogens with zero attached hydrogens (tertiary/aromatic N) is 7. The Kier molecular flexibility index (Phi) is 4.20. The summed E-state index contributed by atoms with van der Waals surface area (Å²) in [5.41, 5.74) is 1.03. The molecule has 2 aliphatic heterocycles. The molecule has 5 heterocycles. The number of aromatic nitrogens is 6. The van der Waals surface area contributed by atoms with Crippen molar-refractivity contribution in [3.8, 4) is 0 Å². The van der Waals surface area contributed by atoms with Gasteiger partial charge in [-0.3, -0.25) is 4.79 Å². The minimum atomic E-state index is -0.0721. The maximum absolute atomic E-state index is 13.3. The Balaban J connectivity index is 1.48. The van der Waals surface area contributed by atoms with Crippen molar-refractivity contribution < 1.29 is 9.53 Å². The van der Waals surface area contributed by atoms with E-state index in [1.54, 1.807) is 29.3 Å². The molecule has 0 bridgehead atoms. The molecule has 0 aliphatic carbocycles. The second-order valence-electron chi connectivity index (χ2n) is 7.62. The van der Waals surface area contributed by atoms with Crippen molar-refractivity contribution in [1.29, 1.82) is 0 Å². The summed E-state index contributed by atoms with van der Waals surface area (Å²) >= 11 is 3.38. The molecule has 28 heavy (non-hydrogen) atoms. The first-order valence-electron chi connectivity index (χ1n) is 9.28. The molecule has 5 rings (SSSR count). The summed E-state index contributed by atoms with van der Waals surface area (Å²) in [6.07, 6.45) is 7.04. The average Bonchev–Trinajstić information content (AvgIpc) is 3.38. The third-order valence-corrected chi connectivity index (χ3v) is 6.39. The number of rotatable bonds is 2. The molecular formula is C18H20BrN7O2. The van der Waals surface area contributed by atoms with E-state index in [4.69, 9.17) is 4.74 Å². The van der Waals surface area contributed by atoms with Crippen LogP contribution in [0.3, 0.4) is 0 Å². The van der Waals surface area contributed by atoms with Crippen molar-refractivity contribution >= 4 is 27.5 Å². The third-order valence-electron chi connectivity index (χ3n) is 5.98. The fourth-order valence-corrected chi connectivity index (χ4v) is 4.79. The van der Waals surface area contributed by atoms with Crippen LogP contribution in [0.5, 0.6) is 0 Å². The zero-order valence-corrected chi connectivity index (χ0v) is 17.0. The van der Waals surface area contributed by atoms with Crippen molar-refractivity contribution in [3.05, 3.63) is 40.8 Å². The van der Waals surface area contributed by atoms with Crippen LogP contribution >= 0.6 is 15.9 Å². The molecule has 0 aromatic carbocycles. The zero-order valence-electron chi connectivity index (χ0n) is 15.5. The molecule has 3 aromatic heterocycles. The number of likely N-dealkylation sites (tertiary alicyclic amines) is 1. The standard InChI is InChI=1S/C18H20BrN7O2/c1-24-11-21-22-16(24)13-9-25(10-18(13)2-4-28-5-3-18)17(27)14-6-15-20-7-12(19)8-26(15)23-14/h6-8,11,13H,2-5,9-10H2,1H3. The van der Waals surface area contributed by atoms with Crippen LogP contribution in [0.2, 0.25) is 0 Å². The Labute approximate surface area is 169 Å². The van der Waals surface area contributed by atoms with Gasteiger partial charge in [-0.15, -0.1) is 10.2 Å². The number of hydrogen-bond donors (Lipinski definition) is 0. The van der Waals surface area contributed by atoms with Gasteiger partial charge in [-0.2, -0.15) is 5.10 Å². The van der Waals surface area contributed by atoms with E-state index in [9.17, 15) is 4.79 Å². The van der Waals surface area contributed by atoms with Crippen molar-refractivity contribution in [1.82, 2.24) is 34.3 Å². The number of carbonyl (C=O) groups excluding carboxylic acids is 1. The molecule has 1 atom stereocenters. The lowest BCUT2D eigenvalue weighted by atomic mass is 9.72. The third kappa shape index (κ3) is 2.82. The number of halogens is 1. The molecule has 10 heteroatoms. The molecule has 146 valence electrons. The molecule has 1 amide bonds. The number of fused-ring (bicyclic) bond motifs is 1. The smallest absolute Gasteiger partial charge is 0.274 e. The van der Waals surface area contributed by atoms with Crippen LogP contribution < -0.4 is 0 Å². The Morgan fingerprint density at radius 1 is 1.36 bits per heavy atom. The fraction of sp³-hybridized carbons (Fsp3) is 0.500. The van der Waals surface area contributed by atoms with Gasteiger partial charge in [0.15, 0.2) is 11.3 Å². The first-order chi connectivity index (χ1) is 13.6. The van der Waals surface area contributed by atoms with Gasteiger partial charge < -0.3 is 14.2 Å². The topological polar surface area (TPSA) is 90.4 Å². The first kappa shape index (κ1) is 17.7. The van der Waals surface area contributed by atoms with E-state index in [0.717, 1.165) is 23.1 Å². The van der Waals surface area contributed by atoms with E-state index >= 15 is 0 Å². The molecule has 0 radical (unpaired) electrons. The van der Waals surface area contributed by atoms with Gasteiger partial charge in [-0.25, -0.2) is 9.50 Å². The van der Waals surface area contributed by atoms with Crippen LogP contribution in [-0.2, 0) is 11.8 Å². The van der Waals surface area contributed by atoms with Gasteiger partial charge in [0.2, 0.25) is 0 Å². The molecule has 0 saturated carbocycles. The Morgan fingerprint density at radius 3 is 2.93 bits per heavy atom. The van der Waals surface area contributed by atoms with E-state index < -0.39 is 0 Å². The number of hydrogen-bond acceptors (Lipinski definition) is 6. The molecule has 0 N–H and O–H groups in total. The number of carbonyl (C=O) groups is 1. The van der Waals surface area contributed by atoms with Gasteiger partial charge in [0.25, 0.3) is 5.91 Å². The Bertz CT molecular complexity index is 1040. The summed E-state index contributed by atoms with van der Waals surface area (Å²) in [6, 6.07) is 1.74. The van der Waals surface area contributed by atoms with E-state index in [-0.39, 0.29) is 17.2 Å². The molecule has 2 aliphatic rings. The highest BCUT2D eigenvalue weighted by Gasteiger charge is 2.51. The predicted octanol–water partition coefficient (Wildman–Crippen LogP) is 1.66. The minimum Gasteiger partial charge on any atom is -0.381 e. The molecule has 2 fully saturated rings. The first-order valence-corrected chi connectivity index (χ1v) is 10.1. The van der Waals surface area contributed by atoms with Crippen molar-refractivity contribution in [3.63, 3.8) is 0 Å². The summed E-state index contributed by atoms with van der Waals surface area (Å²) in [7, 11) is 1.96. The van der Waals surface area contributed by atoms with Crippen LogP contribution in [-0.4, -0.2) is 66.5 Å². The number of amides is 1. The highest BCUT2D eigenvalue weighted by molar-refractivity contribution is 9.10. The van der Waals surface area contributed by atoms with E-state index in [1.165, 1.54) is 0 Å². The lowest BCUT2D eigenvalue weighted by Crippen LogP contribution is -2.37. The van der Waals surface area contributed by atoms with Crippen molar-refractivity contribution in [2.24, 2.45) is 12.5 Å². The van der Waals surface area contributed by atoms with E-state index in [2.05, 4.69) is 36.2 Å². The quantitative estimate of drug-likeness (QED) is 0.595. The Morgan fingerprint density at radius 2 is 2.18 bits per heavy atom. The molecule has 1 spiro atoms. The average molecular weight is 446 g/mol.